The van der Waals surface area contributed by atoms with Crippen LogP contribution in [0.15, 0.2) is 11.0 Å². The molecule has 0 aromatic carbocycles. The lowest BCUT2D eigenvalue weighted by atomic mass is 11.3. The summed E-state index contributed by atoms with van der Waals surface area (Å²) in [6.07, 6.45) is 0. The van der Waals surface area contributed by atoms with Crippen LogP contribution in [-0.4, -0.2) is 5.10 Å². The summed E-state index contributed by atoms with van der Waals surface area (Å²) in [5, 5.41) is 3.85. The lowest BCUT2D eigenvalue weighted by Gasteiger charge is -1.59. The first-order chi connectivity index (χ1) is 2.89. The summed E-state index contributed by atoms with van der Waals surface area (Å²) in [7, 11) is 1.90. The first kappa shape index (κ1) is 7.29. The summed E-state index contributed by atoms with van der Waals surface area (Å²) in [6.45, 7) is 0. The van der Waals surface area contributed by atoms with Crippen molar-refractivity contribution in [3.63, 3.8) is 0 Å². The number of nitrogens with zero attached hydrogens (tertiary/aromatic N) is 2. The normalized spacial score (nSPS) is 7.57. The molecule has 0 atom stereocenters. The molecule has 1 heterocycles. The molecule has 4 heteroatoms. The second-order valence-corrected chi connectivity index (χ2v) is 1.73. The predicted molar refractivity (Wildman–Crippen MR) is 23.3 cm³/mol. The van der Waals surface area contributed by atoms with E-state index in [1.54, 1.807) is 21.5 Å². The highest BCUT2D eigenvalue weighted by Gasteiger charge is 1.84. The van der Waals surface area contributed by atoms with E-state index in [4.69, 9.17) is 0 Å². The lowest BCUT2D eigenvalue weighted by molar-refractivity contribution is -0.725. The van der Waals surface area contributed by atoms with E-state index in [0.717, 1.165) is 0 Å². The largest absolute Gasteiger partial charge is 1.00 e. The molecular weight excluding hydrogens is 223 g/mol. The van der Waals surface area contributed by atoms with Gasteiger partial charge in [-0.1, -0.05) is 16.0 Å². The minimum Gasteiger partial charge on any atom is -1.00 e. The smallest absolute Gasteiger partial charge is 0.252 e. The van der Waals surface area contributed by atoms with Crippen molar-refractivity contribution in [3.8, 4) is 0 Å². The highest BCUT2D eigenvalue weighted by Crippen LogP contribution is 1.78. The monoisotopic (exact) mass is 228 g/mol. The van der Waals surface area contributed by atoms with Gasteiger partial charge in [-0.2, -0.15) is 0 Å². The lowest BCUT2D eigenvalue weighted by Crippen LogP contribution is -3.00. The Balaban J connectivity index is 0.000000360. The quantitative estimate of drug-likeness (QED) is 0.341. The maximum atomic E-state index is 3.85. The molecule has 0 fully saturated rings. The molecule has 1 rings (SSSR count). The van der Waals surface area contributed by atoms with Crippen LogP contribution in [0.2, 0.25) is 0 Å². The van der Waals surface area contributed by atoms with Crippen molar-refractivity contribution in [3.05, 3.63) is 11.0 Å². The van der Waals surface area contributed by atoms with Gasteiger partial charge in [0.2, 0.25) is 0 Å². The second kappa shape index (κ2) is 3.31. The molecule has 0 amide bonds. The van der Waals surface area contributed by atoms with E-state index >= 15 is 0 Å². The van der Waals surface area contributed by atoms with Crippen LogP contribution in [0.4, 0.5) is 0 Å². The molecule has 0 aliphatic carbocycles. The molecule has 0 aliphatic rings. The van der Waals surface area contributed by atoms with Crippen LogP contribution in [-0.2, 0) is 7.05 Å². The highest BCUT2D eigenvalue weighted by atomic mass is 127. The van der Waals surface area contributed by atoms with Gasteiger partial charge in [-0.15, -0.1) is 0 Å². The molecule has 0 saturated carbocycles. The van der Waals surface area contributed by atoms with Crippen LogP contribution in [0, 0.1) is 0 Å². The third-order valence-electron chi connectivity index (χ3n) is 0.504. The molecule has 0 aliphatic heterocycles. The third-order valence-corrected chi connectivity index (χ3v) is 1.15. The van der Waals surface area contributed by atoms with E-state index in [9.17, 15) is 0 Å². The van der Waals surface area contributed by atoms with Crippen molar-refractivity contribution < 1.29 is 28.7 Å². The van der Waals surface area contributed by atoms with Crippen LogP contribution in [0.5, 0.6) is 0 Å². The summed E-state index contributed by atoms with van der Waals surface area (Å²) in [4.78, 5) is 0. The molecule has 0 spiro atoms. The van der Waals surface area contributed by atoms with E-state index in [-0.39, 0.29) is 24.0 Å². The second-order valence-electron chi connectivity index (χ2n) is 1.04. The van der Waals surface area contributed by atoms with Gasteiger partial charge in [-0.05, 0) is 0 Å². The first-order valence-electron chi connectivity index (χ1n) is 1.64. The third kappa shape index (κ3) is 2.18. The van der Waals surface area contributed by atoms with Gasteiger partial charge in [0.05, 0.1) is 0 Å². The van der Waals surface area contributed by atoms with Gasteiger partial charge in [0, 0.05) is 5.10 Å². The van der Waals surface area contributed by atoms with Crippen LogP contribution in [0.1, 0.15) is 0 Å². The zero-order chi connectivity index (χ0) is 4.41. The van der Waals surface area contributed by atoms with Crippen LogP contribution < -0.4 is 28.7 Å². The molecule has 40 valence electrons. The van der Waals surface area contributed by atoms with E-state index in [1.807, 2.05) is 12.6 Å². The Labute approximate surface area is 63.2 Å². The van der Waals surface area contributed by atoms with Crippen molar-refractivity contribution >= 4 is 11.3 Å². The summed E-state index contributed by atoms with van der Waals surface area (Å²) >= 11 is 1.59. The number of hydrogen-bond acceptors (Lipinski definition) is 2. The Bertz CT molecular complexity index is 116. The molecule has 2 nitrogen and oxygen atoms in total. The Kier molecular flexibility index (Phi) is 3.45. The average Bonchev–Trinajstić information content (AvgIpc) is 1.86. The van der Waals surface area contributed by atoms with Crippen LogP contribution in [0.25, 0.3) is 0 Å². The summed E-state index contributed by atoms with van der Waals surface area (Å²) in [5.74, 6) is 0. The molecule has 1 aromatic rings. The molecule has 0 bridgehead atoms. The maximum Gasteiger partial charge on any atom is 0.252 e. The number of aromatic nitrogens is 2. The predicted octanol–water partition coefficient (Wildman–Crippen LogP) is -3.03. The Morgan fingerprint density at radius 1 is 1.71 bits per heavy atom. The fourth-order valence-electron chi connectivity index (χ4n) is 0.244. The van der Waals surface area contributed by atoms with E-state index in [1.165, 1.54) is 0 Å². The van der Waals surface area contributed by atoms with Crippen LogP contribution >= 0.6 is 11.3 Å². The Hall–Kier alpha value is 0.290. The standard InChI is InChI=1S/C3H5N2S.HI/c1-5-3-6-2-4-5;/h2-3H,1H3;1H/q+1;/p-1. The average molecular weight is 228 g/mol. The molecule has 0 N–H and O–H groups in total. The zero-order valence-corrected chi connectivity index (χ0v) is 6.81. The van der Waals surface area contributed by atoms with E-state index < -0.39 is 0 Å². The zero-order valence-electron chi connectivity index (χ0n) is 3.84. The minimum atomic E-state index is 0. The van der Waals surface area contributed by atoms with Gasteiger partial charge in [0.15, 0.2) is 12.6 Å². The van der Waals surface area contributed by atoms with Crippen molar-refractivity contribution in [1.82, 2.24) is 5.10 Å². The molecule has 7 heavy (non-hydrogen) atoms. The van der Waals surface area contributed by atoms with Crippen molar-refractivity contribution in [2.45, 2.75) is 0 Å². The molecule has 1 aromatic heterocycles. The van der Waals surface area contributed by atoms with Crippen LogP contribution in [0.3, 0.4) is 0 Å². The summed E-state index contributed by atoms with van der Waals surface area (Å²) in [5.41, 5.74) is 3.72. The Morgan fingerprint density at radius 3 is 2.57 bits per heavy atom. The van der Waals surface area contributed by atoms with Gasteiger partial charge >= 0.3 is 0 Å². The molecular formula is C3H5IN2S. The summed E-state index contributed by atoms with van der Waals surface area (Å²) in [6, 6.07) is 0. The fraction of sp³-hybridized carbons (Fsp3) is 0.333. The first-order valence-corrected chi connectivity index (χ1v) is 2.58. The van der Waals surface area contributed by atoms with Gasteiger partial charge in [-0.25, -0.2) is 0 Å². The number of rotatable bonds is 0. The topological polar surface area (TPSA) is 16.8 Å². The van der Waals surface area contributed by atoms with E-state index in [2.05, 4.69) is 5.10 Å². The fourth-order valence-corrected chi connectivity index (χ4v) is 0.732. The van der Waals surface area contributed by atoms with Gasteiger partial charge in [0.1, 0.15) is 0 Å². The van der Waals surface area contributed by atoms with Gasteiger partial charge < -0.3 is 24.0 Å². The van der Waals surface area contributed by atoms with E-state index in [0.29, 0.717) is 0 Å². The number of hydrogen-bond donors (Lipinski definition) is 0. The van der Waals surface area contributed by atoms with Gasteiger partial charge in [-0.3, -0.25) is 0 Å². The Morgan fingerprint density at radius 2 is 2.43 bits per heavy atom. The van der Waals surface area contributed by atoms with Crippen molar-refractivity contribution in [2.75, 3.05) is 0 Å². The van der Waals surface area contributed by atoms with Crippen molar-refractivity contribution in [2.24, 2.45) is 7.05 Å². The minimum absolute atomic E-state index is 0. The molecule has 0 radical (unpaired) electrons. The van der Waals surface area contributed by atoms with Crippen molar-refractivity contribution in [1.29, 1.82) is 0 Å². The summed E-state index contributed by atoms with van der Waals surface area (Å²) < 4.78 is 1.77. The molecule has 0 saturated heterocycles. The maximum absolute atomic E-state index is 3.85. The highest BCUT2D eigenvalue weighted by molar-refractivity contribution is 7.06. The number of aryl methyl sites for hydroxylation is 1. The SMILES string of the molecule is C[n+]1cscn1.[I-]. The number of halogens is 1. The van der Waals surface area contributed by atoms with Gasteiger partial charge in [0.25, 0.3) is 5.51 Å². The molecule has 0 unspecified atom stereocenters.